The number of carboxylic acids is 1. The van der Waals surface area contributed by atoms with E-state index in [9.17, 15) is 9.59 Å². The van der Waals surface area contributed by atoms with Crippen molar-refractivity contribution in [2.24, 2.45) is 11.8 Å². The fourth-order valence-electron chi connectivity index (χ4n) is 2.32. The van der Waals surface area contributed by atoms with Crippen LogP contribution >= 0.6 is 0 Å². The number of likely N-dealkylation sites (N-methyl/N-ethyl adjacent to an activating group) is 1. The maximum Gasteiger partial charge on any atom is 0.311 e. The molecule has 2 N–H and O–H groups in total. The number of carbonyl (C=O) groups excluding carboxylic acids is 1. The van der Waals surface area contributed by atoms with Crippen LogP contribution in [-0.4, -0.2) is 61.3 Å². The zero-order valence-corrected chi connectivity index (χ0v) is 11.2. The molecule has 1 aliphatic heterocycles. The second kappa shape index (κ2) is 6.70. The molecule has 3 atom stereocenters. The van der Waals surface area contributed by atoms with Gasteiger partial charge in [0.05, 0.1) is 19.3 Å². The van der Waals surface area contributed by atoms with Crippen LogP contribution in [0.4, 0.5) is 0 Å². The first-order valence-corrected chi connectivity index (χ1v) is 6.28. The molecule has 6 nitrogen and oxygen atoms in total. The van der Waals surface area contributed by atoms with Crippen molar-refractivity contribution in [2.75, 3.05) is 33.4 Å². The van der Waals surface area contributed by atoms with Crippen LogP contribution < -0.4 is 5.32 Å². The Morgan fingerprint density at radius 2 is 2.17 bits per heavy atom. The van der Waals surface area contributed by atoms with Gasteiger partial charge in [-0.1, -0.05) is 6.92 Å². The van der Waals surface area contributed by atoms with Gasteiger partial charge in [0.15, 0.2) is 0 Å². The molecule has 104 valence electrons. The van der Waals surface area contributed by atoms with E-state index >= 15 is 0 Å². The van der Waals surface area contributed by atoms with Gasteiger partial charge in [0, 0.05) is 19.0 Å². The van der Waals surface area contributed by atoms with E-state index < -0.39 is 11.9 Å². The van der Waals surface area contributed by atoms with Gasteiger partial charge in [-0.2, -0.15) is 0 Å². The number of amides is 1. The molecule has 1 rings (SSSR count). The van der Waals surface area contributed by atoms with E-state index in [0.29, 0.717) is 19.7 Å². The van der Waals surface area contributed by atoms with Gasteiger partial charge in [0.25, 0.3) is 0 Å². The molecule has 18 heavy (non-hydrogen) atoms. The summed E-state index contributed by atoms with van der Waals surface area (Å²) < 4.78 is 5.21. The Labute approximate surface area is 107 Å². The first kappa shape index (κ1) is 14.9. The van der Waals surface area contributed by atoms with Crippen LogP contribution in [0.25, 0.3) is 0 Å². The summed E-state index contributed by atoms with van der Waals surface area (Å²) in [5.74, 6) is -1.70. The highest BCUT2D eigenvalue weighted by Gasteiger charge is 2.40. The fourth-order valence-corrected chi connectivity index (χ4v) is 2.32. The number of nitrogens with one attached hydrogen (secondary N) is 1. The zero-order chi connectivity index (χ0) is 13.7. The second-order valence-corrected chi connectivity index (χ2v) is 4.63. The standard InChI is InChI=1S/C12H22N2O4/c1-4-14(11(15)8(2)5-13-3)10-7-18-6-9(10)12(16)17/h8-10,13H,4-7H2,1-3H3,(H,16,17). The Balaban J connectivity index is 2.76. The molecule has 0 aromatic heterocycles. The minimum atomic E-state index is -0.898. The zero-order valence-electron chi connectivity index (χ0n) is 11.2. The number of aliphatic carboxylic acids is 1. The third kappa shape index (κ3) is 3.20. The maximum atomic E-state index is 12.3. The second-order valence-electron chi connectivity index (χ2n) is 4.63. The summed E-state index contributed by atoms with van der Waals surface area (Å²) >= 11 is 0. The molecule has 0 aromatic carbocycles. The lowest BCUT2D eigenvalue weighted by molar-refractivity contribution is -0.145. The minimum absolute atomic E-state index is 0.0198. The van der Waals surface area contributed by atoms with Crippen LogP contribution in [0.3, 0.4) is 0 Å². The Kier molecular flexibility index (Phi) is 5.55. The number of hydrogen-bond acceptors (Lipinski definition) is 4. The lowest BCUT2D eigenvalue weighted by Gasteiger charge is -2.31. The minimum Gasteiger partial charge on any atom is -0.481 e. The Bertz CT molecular complexity index is 308. The number of rotatable bonds is 6. The quantitative estimate of drug-likeness (QED) is 0.689. The summed E-state index contributed by atoms with van der Waals surface area (Å²) in [6.07, 6.45) is 0. The van der Waals surface area contributed by atoms with E-state index in [1.807, 2.05) is 13.8 Å². The average Bonchev–Trinajstić information content (AvgIpc) is 2.79. The average molecular weight is 258 g/mol. The topological polar surface area (TPSA) is 78.9 Å². The normalized spacial score (nSPS) is 24.8. The molecule has 1 fully saturated rings. The smallest absolute Gasteiger partial charge is 0.311 e. The molecule has 0 radical (unpaired) electrons. The van der Waals surface area contributed by atoms with Gasteiger partial charge in [-0.15, -0.1) is 0 Å². The summed E-state index contributed by atoms with van der Waals surface area (Å²) in [4.78, 5) is 25.0. The van der Waals surface area contributed by atoms with Gasteiger partial charge in [-0.05, 0) is 14.0 Å². The molecule has 0 aliphatic carbocycles. The molecule has 3 unspecified atom stereocenters. The first-order chi connectivity index (χ1) is 8.52. The van der Waals surface area contributed by atoms with E-state index in [1.165, 1.54) is 0 Å². The van der Waals surface area contributed by atoms with Crippen molar-refractivity contribution in [1.29, 1.82) is 0 Å². The Hall–Kier alpha value is -1.14. The molecule has 0 saturated carbocycles. The summed E-state index contributed by atoms with van der Waals surface area (Å²) in [6.45, 7) is 5.28. The van der Waals surface area contributed by atoms with Crippen molar-refractivity contribution in [2.45, 2.75) is 19.9 Å². The molecule has 6 heteroatoms. The number of carboxylic acid groups (broad SMARTS) is 1. The SMILES string of the molecule is CCN(C(=O)C(C)CNC)C1COCC1C(=O)O. The highest BCUT2D eigenvalue weighted by atomic mass is 16.5. The van der Waals surface area contributed by atoms with Gasteiger partial charge in [0.2, 0.25) is 5.91 Å². The van der Waals surface area contributed by atoms with E-state index in [4.69, 9.17) is 9.84 Å². The van der Waals surface area contributed by atoms with Crippen molar-refractivity contribution < 1.29 is 19.4 Å². The van der Waals surface area contributed by atoms with E-state index in [-0.39, 0.29) is 24.5 Å². The number of carbonyl (C=O) groups is 2. The molecular formula is C12H22N2O4. The Morgan fingerprint density at radius 3 is 2.67 bits per heavy atom. The van der Waals surface area contributed by atoms with Crippen molar-refractivity contribution in [3.63, 3.8) is 0 Å². The van der Waals surface area contributed by atoms with E-state index in [2.05, 4.69) is 5.32 Å². The van der Waals surface area contributed by atoms with Gasteiger partial charge in [-0.25, -0.2) is 0 Å². The van der Waals surface area contributed by atoms with Crippen LogP contribution in [0.15, 0.2) is 0 Å². The van der Waals surface area contributed by atoms with Crippen LogP contribution in [0, 0.1) is 11.8 Å². The largest absolute Gasteiger partial charge is 0.481 e. The van der Waals surface area contributed by atoms with Crippen molar-refractivity contribution in [3.05, 3.63) is 0 Å². The summed E-state index contributed by atoms with van der Waals surface area (Å²) in [5.41, 5.74) is 0. The van der Waals surface area contributed by atoms with Crippen LogP contribution in [0.2, 0.25) is 0 Å². The maximum absolute atomic E-state index is 12.3. The van der Waals surface area contributed by atoms with Gasteiger partial charge < -0.3 is 20.1 Å². The lowest BCUT2D eigenvalue weighted by atomic mass is 10.0. The molecule has 0 aromatic rings. The number of hydrogen-bond donors (Lipinski definition) is 2. The summed E-state index contributed by atoms with van der Waals surface area (Å²) in [6, 6.07) is -0.348. The predicted molar refractivity (Wildman–Crippen MR) is 66.2 cm³/mol. The predicted octanol–water partition coefficient (Wildman–Crippen LogP) is -0.210. The monoisotopic (exact) mass is 258 g/mol. The van der Waals surface area contributed by atoms with Crippen molar-refractivity contribution in [3.8, 4) is 0 Å². The van der Waals surface area contributed by atoms with Crippen molar-refractivity contribution in [1.82, 2.24) is 10.2 Å². The van der Waals surface area contributed by atoms with Gasteiger partial charge in [0.1, 0.15) is 5.92 Å². The third-order valence-corrected chi connectivity index (χ3v) is 3.32. The van der Waals surface area contributed by atoms with Crippen molar-refractivity contribution >= 4 is 11.9 Å². The van der Waals surface area contributed by atoms with Gasteiger partial charge >= 0.3 is 5.97 Å². The third-order valence-electron chi connectivity index (χ3n) is 3.32. The van der Waals surface area contributed by atoms with Gasteiger partial charge in [-0.3, -0.25) is 9.59 Å². The van der Waals surface area contributed by atoms with E-state index in [1.54, 1.807) is 11.9 Å². The van der Waals surface area contributed by atoms with E-state index in [0.717, 1.165) is 0 Å². The number of nitrogens with zero attached hydrogens (tertiary/aromatic N) is 1. The first-order valence-electron chi connectivity index (χ1n) is 6.28. The molecule has 1 aliphatic rings. The van der Waals surface area contributed by atoms with Crippen LogP contribution in [0.1, 0.15) is 13.8 Å². The lowest BCUT2D eigenvalue weighted by Crippen LogP contribution is -2.49. The highest BCUT2D eigenvalue weighted by Crippen LogP contribution is 2.21. The molecule has 0 bridgehead atoms. The molecule has 1 amide bonds. The highest BCUT2D eigenvalue weighted by molar-refractivity contribution is 5.80. The Morgan fingerprint density at radius 1 is 1.50 bits per heavy atom. The summed E-state index contributed by atoms with van der Waals surface area (Å²) in [7, 11) is 1.79. The van der Waals surface area contributed by atoms with Crippen LogP contribution in [0.5, 0.6) is 0 Å². The fraction of sp³-hybridized carbons (Fsp3) is 0.833. The van der Waals surface area contributed by atoms with Crippen LogP contribution in [-0.2, 0) is 14.3 Å². The molecule has 1 saturated heterocycles. The molecular weight excluding hydrogens is 236 g/mol. The molecule has 0 spiro atoms. The molecule has 1 heterocycles. The number of ether oxygens (including phenoxy) is 1. The summed E-state index contributed by atoms with van der Waals surface area (Å²) in [5, 5.41) is 12.1.